The Morgan fingerprint density at radius 3 is 2.30 bits per heavy atom. The van der Waals surface area contributed by atoms with Gasteiger partial charge in [-0.2, -0.15) is 5.26 Å². The van der Waals surface area contributed by atoms with Crippen LogP contribution in [0.2, 0.25) is 0 Å². The first-order valence-corrected chi connectivity index (χ1v) is 13.7. The van der Waals surface area contributed by atoms with Crippen LogP contribution in [0.1, 0.15) is 35.4 Å². The van der Waals surface area contributed by atoms with Crippen molar-refractivity contribution in [3.05, 3.63) is 35.7 Å². The highest BCUT2D eigenvalue weighted by atomic mass is 16.4. The van der Waals surface area contributed by atoms with Crippen molar-refractivity contribution < 1.29 is 14.7 Å². The molecule has 3 fully saturated rings. The number of anilines is 4. The second-order valence-corrected chi connectivity index (χ2v) is 10.7. The molecule has 0 bridgehead atoms. The number of likely N-dealkylation sites (N-methyl/N-ethyl adjacent to an activating group) is 1. The van der Waals surface area contributed by atoms with Crippen molar-refractivity contribution in [1.82, 2.24) is 24.7 Å². The molecule has 5 rings (SSSR count). The molecule has 1 atom stereocenters. The minimum Gasteiger partial charge on any atom is -0.465 e. The van der Waals surface area contributed by atoms with Gasteiger partial charge in [0.15, 0.2) is 23.0 Å². The fourth-order valence-corrected chi connectivity index (χ4v) is 5.69. The molecule has 0 aliphatic carbocycles. The summed E-state index contributed by atoms with van der Waals surface area (Å²) in [5, 5.41) is 25.1. The van der Waals surface area contributed by atoms with E-state index in [9.17, 15) is 20.0 Å². The Kier molecular flexibility index (Phi) is 8.18. The van der Waals surface area contributed by atoms with E-state index in [-0.39, 0.29) is 35.6 Å². The van der Waals surface area contributed by atoms with Crippen molar-refractivity contribution in [2.24, 2.45) is 5.73 Å². The molecular formula is C27H36N10O3. The first-order chi connectivity index (χ1) is 19.3. The molecule has 4 heterocycles. The zero-order chi connectivity index (χ0) is 28.2. The standard InChI is InChI=1S/C27H36N10O3/c1-34-12-14-36(15-13-34)21-7-10-35(11-8-21)20-4-2-18(3-5-20)30-26-23(24(29)38)32-22(16-28)25(33-26)31-19-6-9-37(17-19)27(39)40/h2-5,19,21H,6-15,17H2,1H3,(H2,29,38)(H,39,40)(H2,30,31,33)/t19-/m1/s1. The predicted octanol–water partition coefficient (Wildman–Crippen LogP) is 1.57. The molecule has 13 heteroatoms. The van der Waals surface area contributed by atoms with Crippen molar-refractivity contribution in [2.75, 3.05) is 74.9 Å². The van der Waals surface area contributed by atoms with Crippen molar-refractivity contribution >= 4 is 35.0 Å². The number of piperidine rings is 1. The molecule has 1 aromatic carbocycles. The number of carbonyl (C=O) groups excluding carboxylic acids is 1. The Balaban J connectivity index is 1.25. The summed E-state index contributed by atoms with van der Waals surface area (Å²) in [5.74, 6) is -0.509. The molecule has 2 aromatic rings. The maximum Gasteiger partial charge on any atom is 0.407 e. The number of primary amides is 1. The van der Waals surface area contributed by atoms with E-state index in [1.165, 1.54) is 4.90 Å². The Hall–Kier alpha value is -4.15. The highest BCUT2D eigenvalue weighted by Gasteiger charge is 2.29. The monoisotopic (exact) mass is 548 g/mol. The summed E-state index contributed by atoms with van der Waals surface area (Å²) >= 11 is 0. The lowest BCUT2D eigenvalue weighted by atomic mass is 10.0. The fourth-order valence-electron chi connectivity index (χ4n) is 5.69. The quantitative estimate of drug-likeness (QED) is 0.396. The third kappa shape index (κ3) is 6.19. The van der Waals surface area contributed by atoms with E-state index in [4.69, 9.17) is 5.73 Å². The van der Waals surface area contributed by atoms with E-state index in [1.807, 2.05) is 30.3 Å². The number of hydrogen-bond acceptors (Lipinski definition) is 10. The summed E-state index contributed by atoms with van der Waals surface area (Å²) in [6.45, 7) is 7.22. The second kappa shape index (κ2) is 11.9. The van der Waals surface area contributed by atoms with E-state index in [0.29, 0.717) is 24.7 Å². The van der Waals surface area contributed by atoms with Crippen LogP contribution >= 0.6 is 0 Å². The third-order valence-corrected chi connectivity index (χ3v) is 8.05. The van der Waals surface area contributed by atoms with Gasteiger partial charge < -0.3 is 36.2 Å². The maximum atomic E-state index is 12.1. The van der Waals surface area contributed by atoms with Crippen molar-refractivity contribution in [3.63, 3.8) is 0 Å². The van der Waals surface area contributed by atoms with Crippen LogP contribution in [-0.4, -0.2) is 113 Å². The number of likely N-dealkylation sites (tertiary alicyclic amines) is 1. The number of rotatable bonds is 7. The smallest absolute Gasteiger partial charge is 0.407 e. The number of hydrogen-bond donors (Lipinski definition) is 4. The normalized spacial score (nSPS) is 20.8. The lowest BCUT2D eigenvalue weighted by Crippen LogP contribution is -2.52. The van der Waals surface area contributed by atoms with E-state index in [1.54, 1.807) is 0 Å². The van der Waals surface area contributed by atoms with Crippen molar-refractivity contribution in [3.8, 4) is 6.07 Å². The lowest BCUT2D eigenvalue weighted by molar-refractivity contribution is 0.0982. The largest absolute Gasteiger partial charge is 0.465 e. The third-order valence-electron chi connectivity index (χ3n) is 8.05. The molecule has 1 aromatic heterocycles. The zero-order valence-electron chi connectivity index (χ0n) is 22.7. The number of carboxylic acid groups (broad SMARTS) is 1. The number of nitrogens with two attached hydrogens (primary N) is 1. The van der Waals surface area contributed by atoms with Crippen LogP contribution in [0, 0.1) is 11.3 Å². The Morgan fingerprint density at radius 1 is 1.00 bits per heavy atom. The number of nitrogens with one attached hydrogen (secondary N) is 2. The van der Waals surface area contributed by atoms with Gasteiger partial charge in [0, 0.05) is 75.8 Å². The van der Waals surface area contributed by atoms with Crippen LogP contribution in [0.4, 0.5) is 27.8 Å². The van der Waals surface area contributed by atoms with E-state index in [2.05, 4.69) is 42.3 Å². The topological polar surface area (TPSA) is 167 Å². The van der Waals surface area contributed by atoms with Gasteiger partial charge in [-0.05, 0) is 50.6 Å². The number of amides is 2. The second-order valence-electron chi connectivity index (χ2n) is 10.7. The first kappa shape index (κ1) is 27.4. The number of nitrogens with zero attached hydrogens (tertiary/aromatic N) is 7. The summed E-state index contributed by atoms with van der Waals surface area (Å²) in [7, 11) is 2.18. The summed E-state index contributed by atoms with van der Waals surface area (Å²) in [6, 6.07) is 10.3. The molecule has 0 spiro atoms. The van der Waals surface area contributed by atoms with E-state index < -0.39 is 12.0 Å². The van der Waals surface area contributed by atoms with Crippen molar-refractivity contribution in [2.45, 2.75) is 31.3 Å². The number of piperazine rings is 1. The molecule has 212 valence electrons. The highest BCUT2D eigenvalue weighted by Crippen LogP contribution is 2.27. The molecule has 0 saturated carbocycles. The number of nitriles is 1. The van der Waals surface area contributed by atoms with Gasteiger partial charge in [0.25, 0.3) is 5.91 Å². The molecule has 3 aliphatic rings. The molecule has 0 unspecified atom stereocenters. The Morgan fingerprint density at radius 2 is 1.70 bits per heavy atom. The van der Waals surface area contributed by atoms with Gasteiger partial charge >= 0.3 is 6.09 Å². The summed E-state index contributed by atoms with van der Waals surface area (Å²) in [5.41, 5.74) is 7.16. The predicted molar refractivity (Wildman–Crippen MR) is 151 cm³/mol. The molecule has 13 nitrogen and oxygen atoms in total. The Bertz CT molecular complexity index is 1260. The van der Waals surface area contributed by atoms with Crippen molar-refractivity contribution in [1.29, 1.82) is 5.26 Å². The van der Waals surface area contributed by atoms with Crippen LogP contribution < -0.4 is 21.3 Å². The number of carbonyl (C=O) groups is 2. The fraction of sp³-hybridized carbons (Fsp3) is 0.519. The average molecular weight is 549 g/mol. The summed E-state index contributed by atoms with van der Waals surface area (Å²) in [4.78, 5) is 40.7. The Labute approximate surface area is 233 Å². The SMILES string of the molecule is CN1CCN(C2CCN(c3ccc(Nc4nc(N[C@@H]5CCN(C(=O)O)C5)c(C#N)nc4C(N)=O)cc3)CC2)CC1. The number of aromatic nitrogens is 2. The highest BCUT2D eigenvalue weighted by molar-refractivity contribution is 5.96. The maximum absolute atomic E-state index is 12.1. The molecule has 3 saturated heterocycles. The minimum absolute atomic E-state index is 0.0801. The van der Waals surface area contributed by atoms with Gasteiger partial charge in [0.2, 0.25) is 0 Å². The molecule has 5 N–H and O–H groups in total. The van der Waals surface area contributed by atoms with Gasteiger partial charge in [0.05, 0.1) is 0 Å². The number of benzene rings is 1. The van der Waals surface area contributed by atoms with Gasteiger partial charge in [-0.1, -0.05) is 0 Å². The van der Waals surface area contributed by atoms with E-state index in [0.717, 1.165) is 57.8 Å². The van der Waals surface area contributed by atoms with Crippen LogP contribution in [0.3, 0.4) is 0 Å². The summed E-state index contributed by atoms with van der Waals surface area (Å²) < 4.78 is 0. The van der Waals surface area contributed by atoms with Crippen LogP contribution in [0.15, 0.2) is 24.3 Å². The molecule has 0 radical (unpaired) electrons. The lowest BCUT2D eigenvalue weighted by Gasteiger charge is -2.42. The van der Waals surface area contributed by atoms with E-state index >= 15 is 0 Å². The first-order valence-electron chi connectivity index (χ1n) is 13.7. The van der Waals surface area contributed by atoms with Gasteiger partial charge in [-0.3, -0.25) is 9.69 Å². The molecule has 3 aliphatic heterocycles. The molecule has 2 amide bonds. The van der Waals surface area contributed by atoms with Gasteiger partial charge in [-0.25, -0.2) is 14.8 Å². The van der Waals surface area contributed by atoms with Crippen LogP contribution in [0.25, 0.3) is 0 Å². The molecule has 40 heavy (non-hydrogen) atoms. The summed E-state index contributed by atoms with van der Waals surface area (Å²) in [6.07, 6.45) is 1.86. The van der Waals surface area contributed by atoms with Gasteiger partial charge in [0.1, 0.15) is 6.07 Å². The molecular weight excluding hydrogens is 512 g/mol. The average Bonchev–Trinajstić information content (AvgIpc) is 3.43. The van der Waals surface area contributed by atoms with Crippen LogP contribution in [0.5, 0.6) is 0 Å². The zero-order valence-corrected chi connectivity index (χ0v) is 22.7. The van der Waals surface area contributed by atoms with Crippen LogP contribution in [-0.2, 0) is 0 Å². The van der Waals surface area contributed by atoms with Gasteiger partial charge in [-0.15, -0.1) is 0 Å². The minimum atomic E-state index is -0.995.